The molecule has 0 saturated heterocycles. The Hall–Kier alpha value is -3.35. The summed E-state index contributed by atoms with van der Waals surface area (Å²) in [6.07, 6.45) is 0.0676. The summed E-state index contributed by atoms with van der Waals surface area (Å²) in [6.45, 7) is 5.91. The fraction of sp³-hybridized carbons (Fsp3) is 0.318. The Morgan fingerprint density at radius 2 is 1.66 bits per heavy atom. The molecule has 0 aliphatic heterocycles. The first-order valence-corrected chi connectivity index (χ1v) is 9.29. The zero-order valence-corrected chi connectivity index (χ0v) is 17.4. The van der Waals surface area contributed by atoms with Crippen LogP contribution >= 0.6 is 0 Å². The Morgan fingerprint density at radius 3 is 2.24 bits per heavy atom. The molecule has 2 aromatic carbocycles. The van der Waals surface area contributed by atoms with Gasteiger partial charge in [-0.3, -0.25) is 9.59 Å². The fourth-order valence-corrected chi connectivity index (χ4v) is 2.62. The number of nitrogens with zero attached hydrogens (tertiary/aromatic N) is 1. The van der Waals surface area contributed by atoms with Crippen molar-refractivity contribution in [2.45, 2.75) is 33.1 Å². The lowest BCUT2D eigenvalue weighted by molar-refractivity contribution is -0.115. The van der Waals surface area contributed by atoms with E-state index in [4.69, 9.17) is 9.47 Å². The maximum Gasteiger partial charge on any atom is 0.271 e. The third kappa shape index (κ3) is 6.34. The molecule has 0 unspecified atom stereocenters. The van der Waals surface area contributed by atoms with Gasteiger partial charge < -0.3 is 14.8 Å². The molecular formula is C22H27N3O4. The lowest BCUT2D eigenvalue weighted by atomic mass is 10.0. The van der Waals surface area contributed by atoms with Crippen LogP contribution in [0.3, 0.4) is 0 Å². The Morgan fingerprint density at radius 1 is 1.00 bits per heavy atom. The van der Waals surface area contributed by atoms with Crippen molar-refractivity contribution in [2.24, 2.45) is 5.10 Å². The van der Waals surface area contributed by atoms with Crippen molar-refractivity contribution in [3.05, 3.63) is 53.6 Å². The maximum absolute atomic E-state index is 12.3. The number of hydrogen-bond acceptors (Lipinski definition) is 5. The van der Waals surface area contributed by atoms with Gasteiger partial charge in [-0.15, -0.1) is 0 Å². The van der Waals surface area contributed by atoms with E-state index in [1.54, 1.807) is 25.1 Å². The van der Waals surface area contributed by atoms with Crippen molar-refractivity contribution in [2.75, 3.05) is 19.5 Å². The van der Waals surface area contributed by atoms with Crippen molar-refractivity contribution in [1.82, 2.24) is 5.43 Å². The van der Waals surface area contributed by atoms with Gasteiger partial charge in [0.1, 0.15) is 0 Å². The molecule has 0 spiro atoms. The summed E-state index contributed by atoms with van der Waals surface area (Å²) in [7, 11) is 3.02. The highest BCUT2D eigenvalue weighted by atomic mass is 16.5. The highest BCUT2D eigenvalue weighted by Crippen LogP contribution is 2.27. The molecule has 2 amide bonds. The van der Waals surface area contributed by atoms with Crippen LogP contribution < -0.4 is 20.2 Å². The standard InChI is InChI=1S/C22H27N3O4/c1-14(2)16-6-9-18(10-7-16)23-21(26)12-15(3)24-25-22(27)17-8-11-19(28-4)20(13-17)29-5/h6-11,13-14H,12H2,1-5H3,(H,23,26)(H,25,27). The summed E-state index contributed by atoms with van der Waals surface area (Å²) < 4.78 is 10.3. The first kappa shape index (κ1) is 21.9. The number of benzene rings is 2. The average Bonchev–Trinajstić information content (AvgIpc) is 2.71. The van der Waals surface area contributed by atoms with E-state index in [-0.39, 0.29) is 12.3 Å². The van der Waals surface area contributed by atoms with E-state index < -0.39 is 5.91 Å². The number of hydrazone groups is 1. The SMILES string of the molecule is COc1ccc(C(=O)NN=C(C)CC(=O)Nc2ccc(C(C)C)cc2)cc1OC. The van der Waals surface area contributed by atoms with E-state index in [0.717, 1.165) is 5.69 Å². The number of carbonyl (C=O) groups excluding carboxylic acids is 2. The molecule has 0 aliphatic carbocycles. The highest BCUT2D eigenvalue weighted by molar-refractivity contribution is 6.06. The van der Waals surface area contributed by atoms with Gasteiger partial charge in [-0.1, -0.05) is 26.0 Å². The molecule has 2 aromatic rings. The van der Waals surface area contributed by atoms with Gasteiger partial charge in [0.25, 0.3) is 5.91 Å². The monoisotopic (exact) mass is 397 g/mol. The second-order valence-corrected chi connectivity index (χ2v) is 6.86. The van der Waals surface area contributed by atoms with Gasteiger partial charge in [0.05, 0.1) is 20.6 Å². The lowest BCUT2D eigenvalue weighted by Crippen LogP contribution is -2.21. The second kappa shape index (κ2) is 10.3. The van der Waals surface area contributed by atoms with Crippen LogP contribution in [-0.2, 0) is 4.79 Å². The van der Waals surface area contributed by atoms with E-state index in [9.17, 15) is 9.59 Å². The van der Waals surface area contributed by atoms with Crippen molar-refractivity contribution < 1.29 is 19.1 Å². The van der Waals surface area contributed by atoms with Crippen LogP contribution in [0.2, 0.25) is 0 Å². The van der Waals surface area contributed by atoms with Crippen molar-refractivity contribution in [3.63, 3.8) is 0 Å². The Labute approximate surface area is 171 Å². The second-order valence-electron chi connectivity index (χ2n) is 6.86. The fourth-order valence-electron chi connectivity index (χ4n) is 2.62. The molecule has 0 aliphatic rings. The molecule has 0 heterocycles. The van der Waals surface area contributed by atoms with Crippen LogP contribution in [0.4, 0.5) is 5.69 Å². The number of anilines is 1. The predicted molar refractivity (Wildman–Crippen MR) is 114 cm³/mol. The topological polar surface area (TPSA) is 89.0 Å². The molecule has 29 heavy (non-hydrogen) atoms. The van der Waals surface area contributed by atoms with Crippen molar-refractivity contribution in [1.29, 1.82) is 0 Å². The third-order valence-corrected chi connectivity index (χ3v) is 4.27. The summed E-state index contributed by atoms with van der Waals surface area (Å²) in [6, 6.07) is 12.5. The first-order valence-electron chi connectivity index (χ1n) is 9.29. The maximum atomic E-state index is 12.3. The smallest absolute Gasteiger partial charge is 0.271 e. The first-order chi connectivity index (χ1) is 13.8. The third-order valence-electron chi connectivity index (χ3n) is 4.27. The van der Waals surface area contributed by atoms with Crippen LogP contribution in [0.1, 0.15) is 49.0 Å². The highest BCUT2D eigenvalue weighted by Gasteiger charge is 2.11. The number of carbonyl (C=O) groups is 2. The zero-order valence-electron chi connectivity index (χ0n) is 17.4. The van der Waals surface area contributed by atoms with Crippen LogP contribution in [0.5, 0.6) is 11.5 Å². The summed E-state index contributed by atoms with van der Waals surface area (Å²) in [5.74, 6) is 0.799. The number of nitrogens with one attached hydrogen (secondary N) is 2. The van der Waals surface area contributed by atoms with Gasteiger partial charge in [-0.2, -0.15) is 5.10 Å². The molecule has 2 rings (SSSR count). The molecule has 0 radical (unpaired) electrons. The van der Waals surface area contributed by atoms with E-state index in [1.807, 2.05) is 24.3 Å². The minimum Gasteiger partial charge on any atom is -0.493 e. The van der Waals surface area contributed by atoms with Crippen molar-refractivity contribution in [3.8, 4) is 11.5 Å². The zero-order chi connectivity index (χ0) is 21.4. The number of rotatable bonds is 8. The van der Waals surface area contributed by atoms with E-state index in [0.29, 0.717) is 28.7 Å². The number of amides is 2. The largest absolute Gasteiger partial charge is 0.493 e. The predicted octanol–water partition coefficient (Wildman–Crippen LogP) is 3.96. The lowest BCUT2D eigenvalue weighted by Gasteiger charge is -2.09. The van der Waals surface area contributed by atoms with Crippen LogP contribution in [-0.4, -0.2) is 31.7 Å². The molecule has 0 bridgehead atoms. The van der Waals surface area contributed by atoms with E-state index in [1.165, 1.54) is 19.8 Å². The molecule has 154 valence electrons. The van der Waals surface area contributed by atoms with E-state index >= 15 is 0 Å². The molecule has 0 fully saturated rings. The Bertz CT molecular complexity index is 889. The Kier molecular flexibility index (Phi) is 7.77. The minimum absolute atomic E-state index is 0.0676. The van der Waals surface area contributed by atoms with Gasteiger partial charge in [0.15, 0.2) is 11.5 Å². The van der Waals surface area contributed by atoms with Gasteiger partial charge >= 0.3 is 0 Å². The van der Waals surface area contributed by atoms with Gasteiger partial charge in [-0.05, 0) is 48.7 Å². The van der Waals surface area contributed by atoms with Gasteiger partial charge in [0.2, 0.25) is 5.91 Å². The van der Waals surface area contributed by atoms with E-state index in [2.05, 4.69) is 29.7 Å². The molecule has 2 N–H and O–H groups in total. The summed E-state index contributed by atoms with van der Waals surface area (Å²) >= 11 is 0. The van der Waals surface area contributed by atoms with Crippen molar-refractivity contribution >= 4 is 23.2 Å². The Balaban J connectivity index is 1.92. The molecule has 0 aromatic heterocycles. The average molecular weight is 397 g/mol. The van der Waals surface area contributed by atoms with Crippen LogP contribution in [0.15, 0.2) is 47.6 Å². The molecule has 0 saturated carbocycles. The minimum atomic E-state index is -0.407. The molecule has 0 atom stereocenters. The summed E-state index contributed by atoms with van der Waals surface area (Å²) in [5.41, 5.74) is 5.23. The van der Waals surface area contributed by atoms with Crippen LogP contribution in [0.25, 0.3) is 0 Å². The van der Waals surface area contributed by atoms with Gasteiger partial charge in [0, 0.05) is 17.0 Å². The number of methoxy groups -OCH3 is 2. The number of ether oxygens (including phenoxy) is 2. The summed E-state index contributed by atoms with van der Waals surface area (Å²) in [4.78, 5) is 24.4. The molecule has 7 heteroatoms. The van der Waals surface area contributed by atoms with Gasteiger partial charge in [-0.25, -0.2) is 5.43 Å². The normalized spacial score (nSPS) is 11.2. The summed E-state index contributed by atoms with van der Waals surface area (Å²) in [5, 5.41) is 6.82. The molecular weight excluding hydrogens is 370 g/mol. The number of hydrogen-bond donors (Lipinski definition) is 2. The molecule has 7 nitrogen and oxygen atoms in total. The van der Waals surface area contributed by atoms with Crippen LogP contribution in [0, 0.1) is 0 Å². The quantitative estimate of drug-likeness (QED) is 0.521.